The van der Waals surface area contributed by atoms with Crippen molar-refractivity contribution in [2.75, 3.05) is 0 Å². The number of carboxylic acids is 3. The van der Waals surface area contributed by atoms with E-state index < -0.39 is 72.1 Å². The van der Waals surface area contributed by atoms with Crippen LogP contribution in [0.15, 0.2) is 30.5 Å². The van der Waals surface area contributed by atoms with Crippen LogP contribution in [0.2, 0.25) is 0 Å². The lowest BCUT2D eigenvalue weighted by atomic mass is 9.99. The van der Waals surface area contributed by atoms with E-state index in [4.69, 9.17) is 15.9 Å². The van der Waals surface area contributed by atoms with Gasteiger partial charge in [0, 0.05) is 36.4 Å². The fourth-order valence-electron chi connectivity index (χ4n) is 3.99. The van der Waals surface area contributed by atoms with Crippen molar-refractivity contribution in [3.63, 3.8) is 0 Å². The number of carbonyl (C=O) groups excluding carboxylic acids is 3. The number of benzene rings is 1. The minimum atomic E-state index is -1.51. The van der Waals surface area contributed by atoms with Gasteiger partial charge in [-0.05, 0) is 30.4 Å². The third-order valence-corrected chi connectivity index (χ3v) is 6.25. The molecule has 1 aromatic heterocycles. The van der Waals surface area contributed by atoms with Crippen molar-refractivity contribution >= 4 is 46.5 Å². The van der Waals surface area contributed by atoms with E-state index >= 15 is 0 Å². The Morgan fingerprint density at radius 2 is 1.43 bits per heavy atom. The van der Waals surface area contributed by atoms with Gasteiger partial charge in [-0.1, -0.05) is 32.0 Å². The number of fused-ring (bicyclic) bond motifs is 1. The maximum atomic E-state index is 13.3. The number of aliphatic carboxylic acids is 3. The first-order valence-electron chi connectivity index (χ1n) is 12.7. The Kier molecular flexibility index (Phi) is 11.6. The molecule has 2 aromatic rings. The van der Waals surface area contributed by atoms with Crippen molar-refractivity contribution in [3.05, 3.63) is 36.0 Å². The van der Waals surface area contributed by atoms with E-state index in [-0.39, 0.29) is 25.7 Å². The van der Waals surface area contributed by atoms with Gasteiger partial charge in [-0.25, -0.2) is 4.79 Å². The molecule has 2 rings (SSSR count). The monoisotopic (exact) mass is 561 g/mol. The molecule has 0 saturated carbocycles. The van der Waals surface area contributed by atoms with Crippen LogP contribution in [-0.4, -0.2) is 80.1 Å². The molecular formula is C26H35N5O9. The van der Waals surface area contributed by atoms with Gasteiger partial charge in [-0.15, -0.1) is 0 Å². The van der Waals surface area contributed by atoms with Gasteiger partial charge < -0.3 is 42.0 Å². The van der Waals surface area contributed by atoms with Gasteiger partial charge in [-0.3, -0.25) is 24.0 Å². The molecule has 218 valence electrons. The molecule has 1 heterocycles. The lowest BCUT2D eigenvalue weighted by Gasteiger charge is -2.27. The van der Waals surface area contributed by atoms with Gasteiger partial charge in [0.15, 0.2) is 0 Å². The first-order valence-corrected chi connectivity index (χ1v) is 12.7. The molecule has 1 aromatic carbocycles. The summed E-state index contributed by atoms with van der Waals surface area (Å²) in [5.41, 5.74) is 7.19. The lowest BCUT2D eigenvalue weighted by molar-refractivity contribution is -0.143. The molecule has 0 fully saturated rings. The van der Waals surface area contributed by atoms with Crippen LogP contribution in [0.4, 0.5) is 0 Å². The highest BCUT2D eigenvalue weighted by Gasteiger charge is 2.32. The maximum Gasteiger partial charge on any atom is 0.326 e. The normalized spacial score (nSPS) is 14.1. The number of carbonyl (C=O) groups is 6. The molecule has 0 aliphatic heterocycles. The summed E-state index contributed by atoms with van der Waals surface area (Å²) in [6, 6.07) is 2.08. The van der Waals surface area contributed by atoms with Crippen LogP contribution in [0.5, 0.6) is 0 Å². The molecular weight excluding hydrogens is 526 g/mol. The van der Waals surface area contributed by atoms with Crippen LogP contribution in [0, 0.1) is 5.92 Å². The Morgan fingerprint density at radius 3 is 2.02 bits per heavy atom. The minimum absolute atomic E-state index is 0.0518. The average Bonchev–Trinajstić information content (AvgIpc) is 3.29. The largest absolute Gasteiger partial charge is 0.481 e. The predicted molar refractivity (Wildman–Crippen MR) is 142 cm³/mol. The molecule has 4 atom stereocenters. The molecule has 3 amide bonds. The van der Waals surface area contributed by atoms with Gasteiger partial charge >= 0.3 is 17.9 Å². The quantitative estimate of drug-likeness (QED) is 0.136. The van der Waals surface area contributed by atoms with E-state index in [9.17, 15) is 33.9 Å². The molecule has 40 heavy (non-hydrogen) atoms. The van der Waals surface area contributed by atoms with Crippen LogP contribution < -0.4 is 21.7 Å². The Balaban J connectivity index is 2.28. The zero-order valence-corrected chi connectivity index (χ0v) is 22.2. The van der Waals surface area contributed by atoms with E-state index in [2.05, 4.69) is 20.9 Å². The standard InChI is InChI=1S/C26H35N5O9/c1-13(2)22(31-23(36)16(27)7-9-20(32)33)25(38)30-19(11-14-12-28-17-6-4-3-5-15(14)17)24(37)29-18(26(39)40)8-10-21(34)35/h3-6,12-13,16,18-19,22,28H,7-11,27H2,1-2H3,(H,29,37)(H,30,38)(H,31,36)(H,32,33)(H,34,35)(H,39,40). The maximum absolute atomic E-state index is 13.3. The van der Waals surface area contributed by atoms with Crippen molar-refractivity contribution in [1.29, 1.82) is 0 Å². The predicted octanol–water partition coefficient (Wildman–Crippen LogP) is -0.0377. The van der Waals surface area contributed by atoms with Gasteiger partial charge in [0.05, 0.1) is 6.04 Å². The van der Waals surface area contributed by atoms with Crippen LogP contribution in [0.3, 0.4) is 0 Å². The second-order valence-corrected chi connectivity index (χ2v) is 9.73. The summed E-state index contributed by atoms with van der Waals surface area (Å²) in [6.07, 6.45) is 0.241. The number of carboxylic acid groups (broad SMARTS) is 3. The zero-order valence-electron chi connectivity index (χ0n) is 22.2. The van der Waals surface area contributed by atoms with E-state index in [1.54, 1.807) is 32.2 Å². The fourth-order valence-corrected chi connectivity index (χ4v) is 3.99. The SMILES string of the molecule is CC(C)C(NC(=O)C(N)CCC(=O)O)C(=O)NC(Cc1c[nH]c2ccccc12)C(=O)NC(CCC(=O)O)C(=O)O. The minimum Gasteiger partial charge on any atom is -0.481 e. The number of para-hydroxylation sites is 1. The second kappa shape index (κ2) is 14.6. The summed E-state index contributed by atoms with van der Waals surface area (Å²) in [5.74, 6) is -6.61. The van der Waals surface area contributed by atoms with Gasteiger partial charge in [0.1, 0.15) is 18.1 Å². The number of H-pyrrole nitrogens is 1. The summed E-state index contributed by atoms with van der Waals surface area (Å²) >= 11 is 0. The van der Waals surface area contributed by atoms with Crippen LogP contribution in [0.1, 0.15) is 45.1 Å². The van der Waals surface area contributed by atoms with Crippen LogP contribution in [0.25, 0.3) is 10.9 Å². The van der Waals surface area contributed by atoms with E-state index in [1.165, 1.54) is 0 Å². The molecule has 0 saturated heterocycles. The summed E-state index contributed by atoms with van der Waals surface area (Å²) in [7, 11) is 0. The van der Waals surface area contributed by atoms with Crippen molar-refractivity contribution in [2.24, 2.45) is 11.7 Å². The summed E-state index contributed by atoms with van der Waals surface area (Å²) < 4.78 is 0. The molecule has 9 N–H and O–H groups in total. The van der Waals surface area contributed by atoms with Crippen molar-refractivity contribution in [3.8, 4) is 0 Å². The number of hydrogen-bond donors (Lipinski definition) is 8. The molecule has 0 radical (unpaired) electrons. The molecule has 14 nitrogen and oxygen atoms in total. The molecule has 0 spiro atoms. The third-order valence-electron chi connectivity index (χ3n) is 6.25. The number of amides is 3. The van der Waals surface area contributed by atoms with Crippen LogP contribution in [-0.2, 0) is 35.2 Å². The summed E-state index contributed by atoms with van der Waals surface area (Å²) in [5, 5.41) is 35.4. The number of nitrogens with one attached hydrogen (secondary N) is 4. The van der Waals surface area contributed by atoms with Gasteiger partial charge in [0.2, 0.25) is 17.7 Å². The average molecular weight is 562 g/mol. The Bertz CT molecular complexity index is 1240. The topological polar surface area (TPSA) is 241 Å². The number of rotatable bonds is 16. The van der Waals surface area contributed by atoms with Gasteiger partial charge in [-0.2, -0.15) is 0 Å². The van der Waals surface area contributed by atoms with Crippen molar-refractivity contribution < 1.29 is 44.1 Å². The third kappa shape index (κ3) is 9.38. The summed E-state index contributed by atoms with van der Waals surface area (Å²) in [6.45, 7) is 3.29. The number of hydrogen-bond acceptors (Lipinski definition) is 7. The first-order chi connectivity index (χ1) is 18.8. The first kappa shape index (κ1) is 31.8. The van der Waals surface area contributed by atoms with E-state index in [0.29, 0.717) is 5.56 Å². The Labute approximate surface area is 229 Å². The summed E-state index contributed by atoms with van der Waals surface area (Å²) in [4.78, 5) is 75.6. The smallest absolute Gasteiger partial charge is 0.326 e. The van der Waals surface area contributed by atoms with Crippen molar-refractivity contribution in [1.82, 2.24) is 20.9 Å². The zero-order chi connectivity index (χ0) is 30.0. The fraction of sp³-hybridized carbons (Fsp3) is 0.462. The number of nitrogens with two attached hydrogens (primary N) is 1. The Morgan fingerprint density at radius 1 is 0.825 bits per heavy atom. The number of aromatic amines is 1. The molecule has 14 heteroatoms. The number of aromatic nitrogens is 1. The lowest BCUT2D eigenvalue weighted by Crippen LogP contribution is -2.58. The van der Waals surface area contributed by atoms with Gasteiger partial charge in [0.25, 0.3) is 0 Å². The Hall–Kier alpha value is -4.46. The highest BCUT2D eigenvalue weighted by Crippen LogP contribution is 2.19. The molecule has 0 bridgehead atoms. The second-order valence-electron chi connectivity index (χ2n) is 9.73. The highest BCUT2D eigenvalue weighted by molar-refractivity contribution is 5.95. The van der Waals surface area contributed by atoms with E-state index in [0.717, 1.165) is 10.9 Å². The molecule has 4 unspecified atom stereocenters. The van der Waals surface area contributed by atoms with Crippen molar-refractivity contribution in [2.45, 2.75) is 70.1 Å². The van der Waals surface area contributed by atoms with Crippen LogP contribution >= 0.6 is 0 Å². The highest BCUT2D eigenvalue weighted by atomic mass is 16.4. The molecule has 0 aliphatic carbocycles. The van der Waals surface area contributed by atoms with E-state index in [1.807, 2.05) is 12.1 Å². The molecule has 0 aliphatic rings.